The normalized spacial score (nSPS) is 10.8. The summed E-state index contributed by atoms with van der Waals surface area (Å²) in [5.41, 5.74) is 1.76. The number of pyridine rings is 1. The van der Waals surface area contributed by atoms with Crippen LogP contribution in [0.2, 0.25) is 5.02 Å². The van der Waals surface area contributed by atoms with Crippen LogP contribution < -0.4 is 5.56 Å². The molecule has 1 N–H and O–H groups in total. The van der Waals surface area contributed by atoms with Crippen LogP contribution in [0.25, 0.3) is 10.9 Å². The molecule has 0 atom stereocenters. The molecule has 0 spiro atoms. The molecule has 0 radical (unpaired) electrons. The fraction of sp³-hybridized carbons (Fsp3) is 0.0588. The third kappa shape index (κ3) is 2.73. The van der Waals surface area contributed by atoms with E-state index >= 15 is 0 Å². The maximum atomic E-state index is 12.1. The van der Waals surface area contributed by atoms with Gasteiger partial charge in [0, 0.05) is 11.1 Å². The molecule has 3 aromatic rings. The van der Waals surface area contributed by atoms with Gasteiger partial charge >= 0.3 is 5.97 Å². The average Bonchev–Trinajstić information content (AvgIpc) is 2.50. The molecule has 0 amide bonds. The Morgan fingerprint density at radius 2 is 1.77 bits per heavy atom. The van der Waals surface area contributed by atoms with Crippen LogP contribution in [0.3, 0.4) is 0 Å². The van der Waals surface area contributed by atoms with E-state index in [2.05, 4.69) is 0 Å². The van der Waals surface area contributed by atoms with E-state index in [1.165, 1.54) is 18.2 Å². The number of rotatable bonds is 3. The number of benzene rings is 2. The molecule has 0 saturated heterocycles. The topological polar surface area (TPSA) is 59.3 Å². The second kappa shape index (κ2) is 5.66. The van der Waals surface area contributed by atoms with Gasteiger partial charge in [-0.1, -0.05) is 23.7 Å². The highest BCUT2D eigenvalue weighted by Gasteiger charge is 2.06. The maximum Gasteiger partial charge on any atom is 0.335 e. The Labute approximate surface area is 131 Å². The van der Waals surface area contributed by atoms with Crippen LogP contribution in [0.15, 0.2) is 59.4 Å². The zero-order chi connectivity index (χ0) is 15.7. The van der Waals surface area contributed by atoms with Crippen LogP contribution >= 0.6 is 11.6 Å². The first-order valence-corrected chi connectivity index (χ1v) is 7.04. The molecule has 0 aliphatic heterocycles. The van der Waals surface area contributed by atoms with E-state index in [9.17, 15) is 9.59 Å². The zero-order valence-electron chi connectivity index (χ0n) is 11.5. The summed E-state index contributed by atoms with van der Waals surface area (Å²) < 4.78 is 1.64. The predicted octanol–water partition coefficient (Wildman–Crippen LogP) is 3.40. The third-order valence-corrected chi connectivity index (χ3v) is 3.73. The summed E-state index contributed by atoms with van der Waals surface area (Å²) in [7, 11) is 0. The SMILES string of the molecule is O=C(O)c1ccc(Cn2c(=O)ccc3cc(Cl)ccc32)cc1. The zero-order valence-corrected chi connectivity index (χ0v) is 12.2. The van der Waals surface area contributed by atoms with Crippen LogP contribution in [0.4, 0.5) is 0 Å². The Morgan fingerprint density at radius 3 is 2.45 bits per heavy atom. The lowest BCUT2D eigenvalue weighted by Gasteiger charge is -2.10. The first-order chi connectivity index (χ1) is 10.5. The Kier molecular flexibility index (Phi) is 3.69. The van der Waals surface area contributed by atoms with Gasteiger partial charge in [0.1, 0.15) is 0 Å². The van der Waals surface area contributed by atoms with Crippen molar-refractivity contribution in [3.8, 4) is 0 Å². The molecule has 1 aromatic heterocycles. The summed E-state index contributed by atoms with van der Waals surface area (Å²) in [6.45, 7) is 0.373. The van der Waals surface area contributed by atoms with E-state index in [0.717, 1.165) is 16.5 Å². The van der Waals surface area contributed by atoms with Gasteiger partial charge in [0.15, 0.2) is 0 Å². The number of carbonyl (C=O) groups is 1. The van der Waals surface area contributed by atoms with Gasteiger partial charge < -0.3 is 9.67 Å². The van der Waals surface area contributed by atoms with Crippen molar-refractivity contribution in [2.75, 3.05) is 0 Å². The van der Waals surface area contributed by atoms with Crippen molar-refractivity contribution >= 4 is 28.5 Å². The molecule has 0 unspecified atom stereocenters. The number of aromatic nitrogens is 1. The first kappa shape index (κ1) is 14.4. The number of halogens is 1. The van der Waals surface area contributed by atoms with E-state index in [0.29, 0.717) is 11.6 Å². The van der Waals surface area contributed by atoms with Crippen molar-refractivity contribution in [3.63, 3.8) is 0 Å². The van der Waals surface area contributed by atoms with E-state index in [1.54, 1.807) is 34.9 Å². The van der Waals surface area contributed by atoms with Crippen molar-refractivity contribution in [2.45, 2.75) is 6.54 Å². The standard InChI is InChI=1S/C17H12ClNO3/c18-14-6-7-15-13(9-14)5-8-16(20)19(15)10-11-1-3-12(4-2-11)17(21)22/h1-9H,10H2,(H,21,22). The van der Waals surface area contributed by atoms with Crippen molar-refractivity contribution < 1.29 is 9.90 Å². The summed E-state index contributed by atoms with van der Waals surface area (Å²) in [5, 5.41) is 10.4. The highest BCUT2D eigenvalue weighted by atomic mass is 35.5. The number of hydrogen-bond donors (Lipinski definition) is 1. The van der Waals surface area contributed by atoms with Crippen LogP contribution in [0.1, 0.15) is 15.9 Å². The van der Waals surface area contributed by atoms with E-state index in [4.69, 9.17) is 16.7 Å². The van der Waals surface area contributed by atoms with Gasteiger partial charge in [-0.05, 0) is 47.3 Å². The molecule has 1 heterocycles. The Morgan fingerprint density at radius 1 is 1.05 bits per heavy atom. The van der Waals surface area contributed by atoms with Crippen LogP contribution in [0, 0.1) is 0 Å². The van der Waals surface area contributed by atoms with Gasteiger partial charge in [0.25, 0.3) is 5.56 Å². The maximum absolute atomic E-state index is 12.1. The fourth-order valence-corrected chi connectivity index (χ4v) is 2.55. The molecule has 110 valence electrons. The Balaban J connectivity index is 2.04. The minimum atomic E-state index is -0.969. The largest absolute Gasteiger partial charge is 0.478 e. The Bertz CT molecular complexity index is 913. The molecule has 3 rings (SSSR count). The predicted molar refractivity (Wildman–Crippen MR) is 85.7 cm³/mol. The van der Waals surface area contributed by atoms with Gasteiger partial charge in [-0.3, -0.25) is 4.79 Å². The molecule has 22 heavy (non-hydrogen) atoms. The van der Waals surface area contributed by atoms with Crippen molar-refractivity contribution in [1.29, 1.82) is 0 Å². The monoisotopic (exact) mass is 313 g/mol. The smallest absolute Gasteiger partial charge is 0.335 e. The first-order valence-electron chi connectivity index (χ1n) is 6.66. The fourth-order valence-electron chi connectivity index (χ4n) is 2.37. The van der Waals surface area contributed by atoms with E-state index in [-0.39, 0.29) is 11.1 Å². The molecule has 5 heteroatoms. The second-order valence-electron chi connectivity index (χ2n) is 4.96. The van der Waals surface area contributed by atoms with Crippen LogP contribution in [0.5, 0.6) is 0 Å². The van der Waals surface area contributed by atoms with Gasteiger partial charge in [-0.25, -0.2) is 4.79 Å². The van der Waals surface area contributed by atoms with Gasteiger partial charge in [0.05, 0.1) is 17.6 Å². The molecule has 0 saturated carbocycles. The molecular weight excluding hydrogens is 302 g/mol. The van der Waals surface area contributed by atoms with E-state index in [1.807, 2.05) is 6.07 Å². The summed E-state index contributed by atoms with van der Waals surface area (Å²) in [4.78, 5) is 23.0. The molecular formula is C17H12ClNO3. The second-order valence-corrected chi connectivity index (χ2v) is 5.40. The van der Waals surface area contributed by atoms with Crippen molar-refractivity contribution in [3.05, 3.63) is 81.1 Å². The number of nitrogens with zero attached hydrogens (tertiary/aromatic N) is 1. The van der Waals surface area contributed by atoms with Crippen LogP contribution in [-0.4, -0.2) is 15.6 Å². The number of hydrogen-bond acceptors (Lipinski definition) is 2. The summed E-state index contributed by atoms with van der Waals surface area (Å²) in [6.07, 6.45) is 0. The lowest BCUT2D eigenvalue weighted by molar-refractivity contribution is 0.0697. The third-order valence-electron chi connectivity index (χ3n) is 3.49. The van der Waals surface area contributed by atoms with Gasteiger partial charge in [-0.2, -0.15) is 0 Å². The molecule has 0 bridgehead atoms. The summed E-state index contributed by atoms with van der Waals surface area (Å²) in [5.74, 6) is -0.969. The highest BCUT2D eigenvalue weighted by Crippen LogP contribution is 2.18. The van der Waals surface area contributed by atoms with Crippen LogP contribution in [-0.2, 0) is 6.54 Å². The lowest BCUT2D eigenvalue weighted by Crippen LogP contribution is -2.19. The minimum absolute atomic E-state index is 0.114. The quantitative estimate of drug-likeness (QED) is 0.806. The van der Waals surface area contributed by atoms with Gasteiger partial charge in [-0.15, -0.1) is 0 Å². The molecule has 0 aliphatic carbocycles. The number of fused-ring (bicyclic) bond motifs is 1. The summed E-state index contributed by atoms with van der Waals surface area (Å²) in [6, 6.07) is 15.1. The Hall–Kier alpha value is -2.59. The van der Waals surface area contributed by atoms with Crippen molar-refractivity contribution in [1.82, 2.24) is 4.57 Å². The highest BCUT2D eigenvalue weighted by molar-refractivity contribution is 6.31. The number of carboxylic acid groups (broad SMARTS) is 1. The van der Waals surface area contributed by atoms with E-state index < -0.39 is 5.97 Å². The molecule has 4 nitrogen and oxygen atoms in total. The minimum Gasteiger partial charge on any atom is -0.478 e. The molecule has 0 aliphatic rings. The van der Waals surface area contributed by atoms with Gasteiger partial charge in [0.2, 0.25) is 0 Å². The lowest BCUT2D eigenvalue weighted by atomic mass is 10.1. The summed E-state index contributed by atoms with van der Waals surface area (Å²) >= 11 is 5.98. The molecule has 0 fully saturated rings. The van der Waals surface area contributed by atoms with Crippen molar-refractivity contribution in [2.24, 2.45) is 0 Å². The number of carboxylic acids is 1. The molecule has 2 aromatic carbocycles. The number of aromatic carboxylic acids is 1. The average molecular weight is 314 g/mol.